The third kappa shape index (κ3) is 1.52. The van der Waals surface area contributed by atoms with E-state index < -0.39 is 5.41 Å². The van der Waals surface area contributed by atoms with Crippen molar-refractivity contribution in [3.05, 3.63) is 41.5 Å². The van der Waals surface area contributed by atoms with Gasteiger partial charge in [0.25, 0.3) is 0 Å². The molecule has 0 radical (unpaired) electrons. The number of allylic oxidation sites excluding steroid dienone is 1. The molecule has 1 unspecified atom stereocenters. The second kappa shape index (κ2) is 4.27. The van der Waals surface area contributed by atoms with Crippen LogP contribution in [0, 0.1) is 5.41 Å². The molecule has 2 aliphatic rings. The molecule has 0 amide bonds. The van der Waals surface area contributed by atoms with Crippen molar-refractivity contribution in [2.75, 3.05) is 6.61 Å². The van der Waals surface area contributed by atoms with Gasteiger partial charge in [-0.1, -0.05) is 30.3 Å². The quantitative estimate of drug-likeness (QED) is 0.743. The van der Waals surface area contributed by atoms with Gasteiger partial charge in [-0.15, -0.1) is 0 Å². The number of carbonyl (C=O) groups excluding carboxylic acids is 1. The molecule has 3 rings (SSSR count). The van der Waals surface area contributed by atoms with Crippen molar-refractivity contribution in [2.24, 2.45) is 5.41 Å². The summed E-state index contributed by atoms with van der Waals surface area (Å²) in [6.45, 7) is 2.34. The van der Waals surface area contributed by atoms with Crippen LogP contribution in [0.4, 0.5) is 0 Å². The Hall–Kier alpha value is -1.57. The van der Waals surface area contributed by atoms with Crippen LogP contribution in [0.1, 0.15) is 37.3 Å². The fourth-order valence-corrected chi connectivity index (χ4v) is 3.35. The largest absolute Gasteiger partial charge is 0.465 e. The first-order valence-electron chi connectivity index (χ1n) is 6.74. The maximum absolute atomic E-state index is 12.4. The monoisotopic (exact) mass is 242 g/mol. The van der Waals surface area contributed by atoms with E-state index in [0.717, 1.165) is 25.7 Å². The Bertz CT molecular complexity index is 516. The van der Waals surface area contributed by atoms with E-state index in [-0.39, 0.29) is 5.97 Å². The van der Waals surface area contributed by atoms with E-state index >= 15 is 0 Å². The Morgan fingerprint density at radius 2 is 2.22 bits per heavy atom. The minimum atomic E-state index is -0.391. The molecule has 1 atom stereocenters. The Kier molecular flexibility index (Phi) is 2.73. The summed E-state index contributed by atoms with van der Waals surface area (Å²) >= 11 is 0. The summed E-state index contributed by atoms with van der Waals surface area (Å²) < 4.78 is 5.34. The van der Waals surface area contributed by atoms with E-state index in [4.69, 9.17) is 4.74 Å². The molecule has 0 saturated carbocycles. The molecule has 2 aliphatic carbocycles. The van der Waals surface area contributed by atoms with Crippen molar-refractivity contribution in [3.8, 4) is 0 Å². The van der Waals surface area contributed by atoms with E-state index in [2.05, 4.69) is 30.3 Å². The topological polar surface area (TPSA) is 26.3 Å². The predicted molar refractivity (Wildman–Crippen MR) is 71.0 cm³/mol. The Labute approximate surface area is 108 Å². The van der Waals surface area contributed by atoms with E-state index in [1.165, 1.54) is 16.7 Å². The van der Waals surface area contributed by atoms with Crippen LogP contribution in [-0.4, -0.2) is 12.6 Å². The molecule has 1 aromatic rings. The predicted octanol–water partition coefficient (Wildman–Crippen LogP) is 3.36. The van der Waals surface area contributed by atoms with Crippen LogP contribution in [0.2, 0.25) is 0 Å². The first kappa shape index (κ1) is 11.5. The average Bonchev–Trinajstić information content (AvgIpc) is 2.74. The highest BCUT2D eigenvalue weighted by Gasteiger charge is 2.49. The van der Waals surface area contributed by atoms with Crippen LogP contribution in [0.25, 0.3) is 5.57 Å². The fourth-order valence-electron chi connectivity index (χ4n) is 3.35. The highest BCUT2D eigenvalue weighted by atomic mass is 16.5. The summed E-state index contributed by atoms with van der Waals surface area (Å²) in [7, 11) is 0. The van der Waals surface area contributed by atoms with Gasteiger partial charge < -0.3 is 4.74 Å². The van der Waals surface area contributed by atoms with Crippen molar-refractivity contribution in [2.45, 2.75) is 32.6 Å². The minimum absolute atomic E-state index is 0.0350. The summed E-state index contributed by atoms with van der Waals surface area (Å²) in [6, 6.07) is 8.37. The molecular formula is C16H18O2. The van der Waals surface area contributed by atoms with Crippen molar-refractivity contribution >= 4 is 11.5 Å². The van der Waals surface area contributed by atoms with Crippen LogP contribution >= 0.6 is 0 Å². The van der Waals surface area contributed by atoms with E-state index in [9.17, 15) is 4.79 Å². The highest BCUT2D eigenvalue weighted by Crippen LogP contribution is 2.52. The second-order valence-corrected chi connectivity index (χ2v) is 5.15. The van der Waals surface area contributed by atoms with Gasteiger partial charge in [-0.3, -0.25) is 4.79 Å². The minimum Gasteiger partial charge on any atom is -0.465 e. The molecule has 2 nitrogen and oxygen atoms in total. The first-order valence-corrected chi connectivity index (χ1v) is 6.74. The first-order chi connectivity index (χ1) is 8.78. The van der Waals surface area contributed by atoms with Crippen molar-refractivity contribution in [1.82, 2.24) is 0 Å². The molecular weight excluding hydrogens is 224 g/mol. The summed E-state index contributed by atoms with van der Waals surface area (Å²) in [4.78, 5) is 12.4. The third-order valence-electron chi connectivity index (χ3n) is 4.14. The molecule has 0 aliphatic heterocycles. The maximum atomic E-state index is 12.4. The zero-order valence-corrected chi connectivity index (χ0v) is 10.7. The smallest absolute Gasteiger partial charge is 0.316 e. The zero-order valence-electron chi connectivity index (χ0n) is 10.7. The third-order valence-corrected chi connectivity index (χ3v) is 4.14. The van der Waals surface area contributed by atoms with Gasteiger partial charge in [-0.25, -0.2) is 0 Å². The van der Waals surface area contributed by atoms with Gasteiger partial charge in [0.2, 0.25) is 0 Å². The van der Waals surface area contributed by atoms with E-state index in [1.54, 1.807) is 0 Å². The fraction of sp³-hybridized carbons (Fsp3) is 0.438. The van der Waals surface area contributed by atoms with Gasteiger partial charge in [0, 0.05) is 0 Å². The summed E-state index contributed by atoms with van der Waals surface area (Å²) in [5, 5.41) is 0. The molecule has 0 fully saturated rings. The zero-order chi connectivity index (χ0) is 12.6. The molecule has 2 heteroatoms. The number of esters is 1. The van der Waals surface area contributed by atoms with Crippen LogP contribution < -0.4 is 0 Å². The van der Waals surface area contributed by atoms with Gasteiger partial charge in [-0.05, 0) is 49.3 Å². The average molecular weight is 242 g/mol. The number of ether oxygens (including phenoxy) is 1. The molecule has 0 bridgehead atoms. The SMILES string of the molecule is CCOC(=O)C12CCCC=C1c1ccccc1C2. The lowest BCUT2D eigenvalue weighted by Gasteiger charge is -2.31. The molecule has 0 saturated heterocycles. The summed E-state index contributed by atoms with van der Waals surface area (Å²) in [5.74, 6) is -0.0350. The Morgan fingerprint density at radius 3 is 3.06 bits per heavy atom. The molecule has 18 heavy (non-hydrogen) atoms. The summed E-state index contributed by atoms with van der Waals surface area (Å²) in [6.07, 6.45) is 6.13. The molecule has 94 valence electrons. The molecule has 0 spiro atoms. The highest BCUT2D eigenvalue weighted by molar-refractivity contribution is 5.97. The molecule has 0 aromatic heterocycles. The Balaban J connectivity index is 2.08. The van der Waals surface area contributed by atoms with Crippen LogP contribution in [0.5, 0.6) is 0 Å². The van der Waals surface area contributed by atoms with Crippen LogP contribution in [0.15, 0.2) is 30.3 Å². The Morgan fingerprint density at radius 1 is 1.39 bits per heavy atom. The van der Waals surface area contributed by atoms with E-state index in [0.29, 0.717) is 6.61 Å². The lowest BCUT2D eigenvalue weighted by atomic mass is 9.73. The second-order valence-electron chi connectivity index (χ2n) is 5.15. The van der Waals surface area contributed by atoms with Gasteiger partial charge in [0.1, 0.15) is 0 Å². The standard InChI is InChI=1S/C16H18O2/c1-2-18-15(17)16-10-6-5-9-14(16)13-8-4-3-7-12(13)11-16/h3-4,7-9H,2,5-6,10-11H2,1H3. The lowest BCUT2D eigenvalue weighted by molar-refractivity contribution is -0.152. The van der Waals surface area contributed by atoms with Crippen molar-refractivity contribution in [1.29, 1.82) is 0 Å². The van der Waals surface area contributed by atoms with E-state index in [1.807, 2.05) is 6.92 Å². The normalized spacial score (nSPS) is 25.1. The molecule has 0 heterocycles. The molecule has 1 aromatic carbocycles. The van der Waals surface area contributed by atoms with Crippen LogP contribution in [0.3, 0.4) is 0 Å². The number of benzene rings is 1. The maximum Gasteiger partial charge on any atom is 0.316 e. The van der Waals surface area contributed by atoms with Gasteiger partial charge in [0.05, 0.1) is 12.0 Å². The van der Waals surface area contributed by atoms with Crippen molar-refractivity contribution < 1.29 is 9.53 Å². The number of hydrogen-bond donors (Lipinski definition) is 0. The number of rotatable bonds is 2. The molecule has 0 N–H and O–H groups in total. The van der Waals surface area contributed by atoms with Crippen molar-refractivity contribution in [3.63, 3.8) is 0 Å². The number of hydrogen-bond acceptors (Lipinski definition) is 2. The van der Waals surface area contributed by atoms with Gasteiger partial charge >= 0.3 is 5.97 Å². The van der Waals surface area contributed by atoms with Crippen LogP contribution in [-0.2, 0) is 16.0 Å². The van der Waals surface area contributed by atoms with Gasteiger partial charge in [0.15, 0.2) is 0 Å². The van der Waals surface area contributed by atoms with Gasteiger partial charge in [-0.2, -0.15) is 0 Å². The summed E-state index contributed by atoms with van der Waals surface area (Å²) in [5.41, 5.74) is 3.37. The number of fused-ring (bicyclic) bond motifs is 3. The lowest BCUT2D eigenvalue weighted by Crippen LogP contribution is -2.34. The number of carbonyl (C=O) groups is 1.